The maximum absolute atomic E-state index is 2.33. The van der Waals surface area contributed by atoms with Crippen LogP contribution in [-0.2, 0) is 0 Å². The number of hydrogen-bond donors (Lipinski definition) is 0. The van der Waals surface area contributed by atoms with E-state index in [1.165, 1.54) is 35.1 Å². The molecule has 0 amide bonds. The maximum atomic E-state index is 2.33. The third kappa shape index (κ3) is 5.85. The highest BCUT2D eigenvalue weighted by Gasteiger charge is 2.05. The molecule has 1 atom stereocenters. The SMILES string of the molecule is CCCC(=Cc1ccc(C=CC=CC2=CC=CCC2C)cc1)CC. The normalized spacial score (nSPS) is 18.5. The zero-order valence-corrected chi connectivity index (χ0v) is 15.3. The minimum atomic E-state index is 0.626. The van der Waals surface area contributed by atoms with Crippen molar-refractivity contribution >= 4 is 12.2 Å². The van der Waals surface area contributed by atoms with Gasteiger partial charge in [-0.05, 0) is 41.9 Å². The number of allylic oxidation sites excluding steroid dienone is 8. The van der Waals surface area contributed by atoms with Gasteiger partial charge in [0.2, 0.25) is 0 Å². The van der Waals surface area contributed by atoms with Crippen LogP contribution in [0.5, 0.6) is 0 Å². The Hall–Kier alpha value is -2.08. The fourth-order valence-electron chi connectivity index (χ4n) is 2.93. The molecule has 24 heavy (non-hydrogen) atoms. The van der Waals surface area contributed by atoms with Crippen molar-refractivity contribution in [2.45, 2.75) is 46.5 Å². The molecular formula is C24H30. The first-order valence-corrected chi connectivity index (χ1v) is 9.24. The fraction of sp³-hybridized carbons (Fsp3) is 0.333. The second-order valence-corrected chi connectivity index (χ2v) is 6.52. The molecule has 0 saturated heterocycles. The molecule has 0 heterocycles. The number of benzene rings is 1. The molecule has 0 bridgehead atoms. The van der Waals surface area contributed by atoms with Crippen molar-refractivity contribution in [1.29, 1.82) is 0 Å². The molecule has 126 valence electrons. The maximum Gasteiger partial charge on any atom is -0.0156 e. The summed E-state index contributed by atoms with van der Waals surface area (Å²) in [6, 6.07) is 8.82. The Morgan fingerprint density at radius 2 is 1.75 bits per heavy atom. The first-order chi connectivity index (χ1) is 11.7. The van der Waals surface area contributed by atoms with Gasteiger partial charge in [0.25, 0.3) is 0 Å². The van der Waals surface area contributed by atoms with Gasteiger partial charge in [0.1, 0.15) is 0 Å². The van der Waals surface area contributed by atoms with Crippen LogP contribution in [0.4, 0.5) is 0 Å². The molecule has 0 nitrogen and oxygen atoms in total. The van der Waals surface area contributed by atoms with Crippen LogP contribution in [0, 0.1) is 5.92 Å². The van der Waals surface area contributed by atoms with Crippen LogP contribution < -0.4 is 0 Å². The van der Waals surface area contributed by atoms with Gasteiger partial charge in [-0.3, -0.25) is 0 Å². The predicted molar refractivity (Wildman–Crippen MR) is 109 cm³/mol. The zero-order valence-electron chi connectivity index (χ0n) is 15.3. The van der Waals surface area contributed by atoms with E-state index in [0.717, 1.165) is 12.8 Å². The van der Waals surface area contributed by atoms with Crippen molar-refractivity contribution in [3.05, 3.63) is 83.0 Å². The standard InChI is InChI=1S/C24H30/c1-4-10-21(5-2)19-23-17-15-22(16-18-23)12-7-9-14-24-13-8-6-11-20(24)3/h6-9,12-20H,4-5,10-11H2,1-3H3. The Morgan fingerprint density at radius 1 is 1.04 bits per heavy atom. The van der Waals surface area contributed by atoms with E-state index in [1.54, 1.807) is 0 Å². The highest BCUT2D eigenvalue weighted by molar-refractivity contribution is 5.58. The number of hydrogen-bond acceptors (Lipinski definition) is 0. The number of rotatable bonds is 7. The Bertz CT molecular complexity index is 648. The third-order valence-electron chi connectivity index (χ3n) is 4.50. The molecule has 0 fully saturated rings. The van der Waals surface area contributed by atoms with Gasteiger partial charge < -0.3 is 0 Å². The van der Waals surface area contributed by atoms with E-state index in [2.05, 4.69) is 93.6 Å². The van der Waals surface area contributed by atoms with Gasteiger partial charge in [-0.1, -0.05) is 106 Å². The molecule has 1 aromatic carbocycles. The lowest BCUT2D eigenvalue weighted by atomic mass is 9.93. The predicted octanol–water partition coefficient (Wildman–Crippen LogP) is 7.37. The average Bonchev–Trinajstić information content (AvgIpc) is 2.61. The Balaban J connectivity index is 1.96. The summed E-state index contributed by atoms with van der Waals surface area (Å²) in [5, 5.41) is 0. The van der Waals surface area contributed by atoms with Crippen LogP contribution in [0.3, 0.4) is 0 Å². The molecule has 1 aliphatic carbocycles. The van der Waals surface area contributed by atoms with Gasteiger partial charge in [-0.25, -0.2) is 0 Å². The summed E-state index contributed by atoms with van der Waals surface area (Å²) in [5.41, 5.74) is 5.50. The van der Waals surface area contributed by atoms with E-state index >= 15 is 0 Å². The Labute approximate surface area is 148 Å². The lowest BCUT2D eigenvalue weighted by molar-refractivity contribution is 0.704. The molecule has 1 aromatic rings. The molecule has 0 aromatic heterocycles. The van der Waals surface area contributed by atoms with Gasteiger partial charge in [0, 0.05) is 0 Å². The first kappa shape index (κ1) is 18.3. The lowest BCUT2D eigenvalue weighted by Gasteiger charge is -2.12. The highest BCUT2D eigenvalue weighted by atomic mass is 14.1. The monoisotopic (exact) mass is 318 g/mol. The molecular weight excluding hydrogens is 288 g/mol. The summed E-state index contributed by atoms with van der Waals surface area (Å²) in [4.78, 5) is 0. The van der Waals surface area contributed by atoms with E-state index in [0.29, 0.717) is 5.92 Å². The topological polar surface area (TPSA) is 0 Å². The highest BCUT2D eigenvalue weighted by Crippen LogP contribution is 2.20. The third-order valence-corrected chi connectivity index (χ3v) is 4.50. The second kappa shape index (κ2) is 9.93. The smallest absolute Gasteiger partial charge is 0.0156 e. The van der Waals surface area contributed by atoms with Gasteiger partial charge in [-0.2, -0.15) is 0 Å². The molecule has 0 radical (unpaired) electrons. The van der Waals surface area contributed by atoms with Gasteiger partial charge >= 0.3 is 0 Å². The van der Waals surface area contributed by atoms with E-state index in [-0.39, 0.29) is 0 Å². The Morgan fingerprint density at radius 3 is 2.42 bits per heavy atom. The van der Waals surface area contributed by atoms with Crippen molar-refractivity contribution in [2.24, 2.45) is 5.92 Å². The van der Waals surface area contributed by atoms with Gasteiger partial charge in [0.05, 0.1) is 0 Å². The molecule has 0 spiro atoms. The van der Waals surface area contributed by atoms with E-state index < -0.39 is 0 Å². The van der Waals surface area contributed by atoms with Crippen LogP contribution in [0.25, 0.3) is 12.2 Å². The summed E-state index contributed by atoms with van der Waals surface area (Å²) in [7, 11) is 0. The summed E-state index contributed by atoms with van der Waals surface area (Å²) in [6.07, 6.45) is 22.3. The summed E-state index contributed by atoms with van der Waals surface area (Å²) >= 11 is 0. The molecule has 1 unspecified atom stereocenters. The summed E-state index contributed by atoms with van der Waals surface area (Å²) in [6.45, 7) is 6.76. The van der Waals surface area contributed by atoms with Crippen LogP contribution in [-0.4, -0.2) is 0 Å². The minimum absolute atomic E-state index is 0.626. The molecule has 0 aliphatic heterocycles. The van der Waals surface area contributed by atoms with Crippen LogP contribution in [0.15, 0.2) is 71.9 Å². The Kier molecular flexibility index (Phi) is 7.55. The van der Waals surface area contributed by atoms with Crippen LogP contribution in [0.1, 0.15) is 57.6 Å². The van der Waals surface area contributed by atoms with E-state index in [1.807, 2.05) is 0 Å². The summed E-state index contributed by atoms with van der Waals surface area (Å²) < 4.78 is 0. The fourth-order valence-corrected chi connectivity index (χ4v) is 2.93. The minimum Gasteiger partial charge on any atom is -0.0839 e. The second-order valence-electron chi connectivity index (χ2n) is 6.52. The van der Waals surface area contributed by atoms with Gasteiger partial charge in [0.15, 0.2) is 0 Å². The van der Waals surface area contributed by atoms with Crippen molar-refractivity contribution in [3.63, 3.8) is 0 Å². The van der Waals surface area contributed by atoms with Crippen molar-refractivity contribution < 1.29 is 0 Å². The molecule has 0 N–H and O–H groups in total. The van der Waals surface area contributed by atoms with Crippen molar-refractivity contribution in [1.82, 2.24) is 0 Å². The average molecular weight is 319 g/mol. The van der Waals surface area contributed by atoms with E-state index in [4.69, 9.17) is 0 Å². The van der Waals surface area contributed by atoms with Crippen LogP contribution in [0.2, 0.25) is 0 Å². The van der Waals surface area contributed by atoms with E-state index in [9.17, 15) is 0 Å². The van der Waals surface area contributed by atoms with Gasteiger partial charge in [-0.15, -0.1) is 0 Å². The summed E-state index contributed by atoms with van der Waals surface area (Å²) in [5.74, 6) is 0.626. The molecule has 0 heteroatoms. The van der Waals surface area contributed by atoms with Crippen LogP contribution >= 0.6 is 0 Å². The zero-order chi connectivity index (χ0) is 17.2. The molecule has 0 saturated carbocycles. The van der Waals surface area contributed by atoms with Crippen molar-refractivity contribution in [3.8, 4) is 0 Å². The first-order valence-electron chi connectivity index (χ1n) is 9.24. The largest absolute Gasteiger partial charge is 0.0839 e. The van der Waals surface area contributed by atoms with Crippen molar-refractivity contribution in [2.75, 3.05) is 0 Å². The quantitative estimate of drug-likeness (QED) is 0.460. The molecule has 2 rings (SSSR count). The lowest BCUT2D eigenvalue weighted by Crippen LogP contribution is -1.98. The molecule has 1 aliphatic rings.